The molecule has 0 aromatic rings. The van der Waals surface area contributed by atoms with Gasteiger partial charge < -0.3 is 5.32 Å². The first kappa shape index (κ1) is 11.3. The van der Waals surface area contributed by atoms with Crippen LogP contribution in [0.4, 0.5) is 8.78 Å². The van der Waals surface area contributed by atoms with Gasteiger partial charge in [0, 0.05) is 5.92 Å². The van der Waals surface area contributed by atoms with Crippen LogP contribution in [0.1, 0.15) is 19.3 Å². The Morgan fingerprint density at radius 2 is 1.87 bits per heavy atom. The summed E-state index contributed by atoms with van der Waals surface area (Å²) in [5.41, 5.74) is 0. The first-order chi connectivity index (χ1) is 7.00. The van der Waals surface area contributed by atoms with E-state index in [9.17, 15) is 17.2 Å². The summed E-state index contributed by atoms with van der Waals surface area (Å²) in [4.78, 5) is 0. The molecule has 2 rings (SSSR count). The highest BCUT2D eigenvalue weighted by Crippen LogP contribution is 2.46. The van der Waals surface area contributed by atoms with Crippen LogP contribution in [0.2, 0.25) is 0 Å². The molecule has 0 aromatic heterocycles. The minimum atomic E-state index is -3.32. The molecular weight excluding hydrogens is 224 g/mol. The van der Waals surface area contributed by atoms with Crippen molar-refractivity contribution in [3.05, 3.63) is 0 Å². The van der Waals surface area contributed by atoms with Gasteiger partial charge >= 0.3 is 0 Å². The van der Waals surface area contributed by atoms with Gasteiger partial charge in [0.1, 0.15) is 0 Å². The van der Waals surface area contributed by atoms with E-state index >= 15 is 0 Å². The molecule has 0 aliphatic carbocycles. The van der Waals surface area contributed by atoms with Crippen LogP contribution in [0.15, 0.2) is 0 Å². The molecule has 15 heavy (non-hydrogen) atoms. The zero-order valence-corrected chi connectivity index (χ0v) is 9.19. The molecule has 3 nitrogen and oxygen atoms in total. The summed E-state index contributed by atoms with van der Waals surface area (Å²) < 4.78 is 48.3. The van der Waals surface area contributed by atoms with Crippen molar-refractivity contribution >= 4 is 9.84 Å². The van der Waals surface area contributed by atoms with Crippen molar-refractivity contribution in [2.45, 2.75) is 30.4 Å². The van der Waals surface area contributed by atoms with Gasteiger partial charge in [-0.25, -0.2) is 17.2 Å². The number of halogens is 2. The second-order valence-corrected chi connectivity index (χ2v) is 6.81. The van der Waals surface area contributed by atoms with E-state index in [4.69, 9.17) is 0 Å². The zero-order valence-electron chi connectivity index (χ0n) is 8.38. The Balaban J connectivity index is 2.37. The highest BCUT2D eigenvalue weighted by Gasteiger charge is 2.57. The Hall–Kier alpha value is -0.230. The minimum Gasteiger partial charge on any atom is -0.317 e. The van der Waals surface area contributed by atoms with Gasteiger partial charge in [0.25, 0.3) is 0 Å². The monoisotopic (exact) mass is 239 g/mol. The maximum Gasteiger partial charge on any atom is 0.242 e. The second-order valence-electron chi connectivity index (χ2n) is 4.36. The fraction of sp³-hybridized carbons (Fsp3) is 1.00. The van der Waals surface area contributed by atoms with Crippen molar-refractivity contribution in [2.24, 2.45) is 5.92 Å². The molecule has 1 atom stereocenters. The van der Waals surface area contributed by atoms with Crippen molar-refractivity contribution in [3.8, 4) is 0 Å². The van der Waals surface area contributed by atoms with Gasteiger partial charge in [0.05, 0.1) is 10.5 Å². The van der Waals surface area contributed by atoms with Crippen LogP contribution in [-0.2, 0) is 9.84 Å². The first-order valence-corrected chi connectivity index (χ1v) is 6.86. The van der Waals surface area contributed by atoms with Gasteiger partial charge in [-0.15, -0.1) is 0 Å². The third kappa shape index (κ3) is 1.58. The van der Waals surface area contributed by atoms with E-state index in [1.807, 2.05) is 0 Å². The molecule has 0 amide bonds. The van der Waals surface area contributed by atoms with E-state index < -0.39 is 26.9 Å². The third-order valence-electron chi connectivity index (χ3n) is 3.75. The molecule has 88 valence electrons. The summed E-state index contributed by atoms with van der Waals surface area (Å²) in [5.74, 6) is -1.02. The molecule has 2 fully saturated rings. The van der Waals surface area contributed by atoms with Gasteiger partial charge in [-0.2, -0.15) is 0 Å². The van der Waals surface area contributed by atoms with Crippen LogP contribution >= 0.6 is 0 Å². The second kappa shape index (κ2) is 3.66. The smallest absolute Gasteiger partial charge is 0.242 e. The summed E-state index contributed by atoms with van der Waals surface area (Å²) in [5, 5.41) is 3.02. The molecule has 2 aliphatic rings. The van der Waals surface area contributed by atoms with Gasteiger partial charge in [-0.05, 0) is 32.4 Å². The van der Waals surface area contributed by atoms with Gasteiger partial charge in [-0.1, -0.05) is 0 Å². The van der Waals surface area contributed by atoms with Crippen molar-refractivity contribution in [3.63, 3.8) is 0 Å². The number of alkyl halides is 2. The van der Waals surface area contributed by atoms with Crippen molar-refractivity contribution in [2.75, 3.05) is 18.8 Å². The Labute approximate surface area is 88.2 Å². The van der Waals surface area contributed by atoms with E-state index in [1.165, 1.54) is 0 Å². The average molecular weight is 239 g/mol. The van der Waals surface area contributed by atoms with E-state index in [0.29, 0.717) is 25.9 Å². The van der Waals surface area contributed by atoms with Gasteiger partial charge in [-0.3, -0.25) is 0 Å². The summed E-state index contributed by atoms with van der Waals surface area (Å²) >= 11 is 0. The highest BCUT2D eigenvalue weighted by atomic mass is 32.2. The largest absolute Gasteiger partial charge is 0.317 e. The minimum absolute atomic E-state index is 0.0675. The lowest BCUT2D eigenvalue weighted by atomic mass is 9.83. The van der Waals surface area contributed by atoms with Gasteiger partial charge in [0.2, 0.25) is 6.43 Å². The Kier molecular flexibility index (Phi) is 2.75. The molecule has 2 saturated heterocycles. The molecule has 0 saturated carbocycles. The molecule has 2 aliphatic heterocycles. The number of rotatable bonds is 1. The fourth-order valence-electron chi connectivity index (χ4n) is 2.87. The van der Waals surface area contributed by atoms with E-state index in [1.54, 1.807) is 0 Å². The molecule has 6 heteroatoms. The molecule has 1 spiro atoms. The van der Waals surface area contributed by atoms with Crippen LogP contribution in [-0.4, -0.2) is 38.4 Å². The molecule has 2 heterocycles. The van der Waals surface area contributed by atoms with Crippen molar-refractivity contribution in [1.29, 1.82) is 0 Å². The summed E-state index contributed by atoms with van der Waals surface area (Å²) in [6, 6.07) is 0. The summed E-state index contributed by atoms with van der Waals surface area (Å²) in [6.45, 7) is 1.06. The molecule has 0 bridgehead atoms. The molecule has 0 aromatic carbocycles. The van der Waals surface area contributed by atoms with E-state index in [2.05, 4.69) is 5.32 Å². The zero-order chi connectivity index (χ0) is 11.1. The maximum atomic E-state index is 12.8. The molecule has 0 radical (unpaired) electrons. The Morgan fingerprint density at radius 1 is 1.27 bits per heavy atom. The normalized spacial score (nSPS) is 33.7. The Bertz CT molecular complexity index is 336. The number of hydrogen-bond donors (Lipinski definition) is 1. The molecule has 1 N–H and O–H groups in total. The predicted molar refractivity (Wildman–Crippen MR) is 52.7 cm³/mol. The Morgan fingerprint density at radius 3 is 2.40 bits per heavy atom. The topological polar surface area (TPSA) is 46.2 Å². The molecule has 1 unspecified atom stereocenters. The lowest BCUT2D eigenvalue weighted by Crippen LogP contribution is -2.50. The van der Waals surface area contributed by atoms with Crippen LogP contribution in [0, 0.1) is 5.92 Å². The van der Waals surface area contributed by atoms with E-state index in [-0.39, 0.29) is 12.2 Å². The first-order valence-electron chi connectivity index (χ1n) is 5.21. The highest BCUT2D eigenvalue weighted by molar-refractivity contribution is 7.93. The van der Waals surface area contributed by atoms with Gasteiger partial charge in [0.15, 0.2) is 9.84 Å². The number of nitrogens with one attached hydrogen (secondary N) is 1. The SMILES string of the molecule is O=S1(=O)CCC(C(F)F)C12CCNCC2. The lowest BCUT2D eigenvalue weighted by Gasteiger charge is -2.37. The van der Waals surface area contributed by atoms with Crippen molar-refractivity contribution < 1.29 is 17.2 Å². The van der Waals surface area contributed by atoms with E-state index in [0.717, 1.165) is 0 Å². The molecular formula is C9H15F2NO2S. The fourth-order valence-corrected chi connectivity index (χ4v) is 5.35. The van der Waals surface area contributed by atoms with Crippen LogP contribution < -0.4 is 5.32 Å². The van der Waals surface area contributed by atoms with Crippen LogP contribution in [0.3, 0.4) is 0 Å². The summed E-state index contributed by atoms with van der Waals surface area (Å²) in [7, 11) is -3.32. The van der Waals surface area contributed by atoms with Crippen LogP contribution in [0.5, 0.6) is 0 Å². The van der Waals surface area contributed by atoms with Crippen molar-refractivity contribution in [1.82, 2.24) is 5.32 Å². The number of piperidine rings is 1. The number of hydrogen-bond acceptors (Lipinski definition) is 3. The predicted octanol–water partition coefficient (Wildman–Crippen LogP) is 0.808. The number of sulfone groups is 1. The maximum absolute atomic E-state index is 12.8. The standard InChI is InChI=1S/C9H15F2NO2S/c10-8(11)7-1-6-15(13,14)9(7)2-4-12-5-3-9/h7-8,12H,1-6H2. The lowest BCUT2D eigenvalue weighted by molar-refractivity contribution is 0.0484. The van der Waals surface area contributed by atoms with Crippen LogP contribution in [0.25, 0.3) is 0 Å². The quantitative estimate of drug-likeness (QED) is 0.736. The average Bonchev–Trinajstić information content (AvgIpc) is 2.41. The third-order valence-corrected chi connectivity index (χ3v) is 6.47. The summed E-state index contributed by atoms with van der Waals surface area (Å²) in [6.07, 6.45) is -1.71.